The Morgan fingerprint density at radius 3 is 3.08 bits per heavy atom. The molecule has 2 aliphatic rings. The van der Waals surface area contributed by atoms with Crippen LogP contribution in [-0.4, -0.2) is 34.8 Å². The highest BCUT2D eigenvalue weighted by Crippen LogP contribution is 2.38. The monoisotopic (exact) mass is 341 g/mol. The van der Waals surface area contributed by atoms with Crippen molar-refractivity contribution in [2.45, 2.75) is 51.2 Å². The number of hydrogen-bond acceptors (Lipinski definition) is 5. The van der Waals surface area contributed by atoms with Gasteiger partial charge in [-0.2, -0.15) is 4.98 Å². The summed E-state index contributed by atoms with van der Waals surface area (Å²) in [5.41, 5.74) is 2.09. The Balaban J connectivity index is 1.24. The van der Waals surface area contributed by atoms with Crippen LogP contribution in [0.2, 0.25) is 0 Å². The molecule has 132 valence electrons. The van der Waals surface area contributed by atoms with E-state index in [1.54, 1.807) is 0 Å². The summed E-state index contributed by atoms with van der Waals surface area (Å²) in [5.74, 6) is 1.82. The average molecular weight is 341 g/mol. The highest BCUT2D eigenvalue weighted by atomic mass is 16.5. The summed E-state index contributed by atoms with van der Waals surface area (Å²) >= 11 is 0. The van der Waals surface area contributed by atoms with Gasteiger partial charge < -0.3 is 14.6 Å². The Labute approximate surface area is 147 Å². The number of nitrogens with zero attached hydrogens (tertiary/aromatic N) is 2. The van der Waals surface area contributed by atoms with Crippen LogP contribution in [0.5, 0.6) is 0 Å². The first-order valence-electron chi connectivity index (χ1n) is 9.00. The molecule has 2 aromatic rings. The van der Waals surface area contributed by atoms with Gasteiger partial charge in [0.05, 0.1) is 6.10 Å². The third-order valence-electron chi connectivity index (χ3n) is 5.26. The number of hydrogen-bond donors (Lipinski definition) is 1. The van der Waals surface area contributed by atoms with Crippen molar-refractivity contribution >= 4 is 5.91 Å². The summed E-state index contributed by atoms with van der Waals surface area (Å²) in [6.07, 6.45) is 4.21. The lowest BCUT2D eigenvalue weighted by Gasteiger charge is -2.39. The van der Waals surface area contributed by atoms with E-state index in [0.29, 0.717) is 49.0 Å². The zero-order chi connectivity index (χ0) is 17.2. The average Bonchev–Trinajstić information content (AvgIpc) is 3.20. The third kappa shape index (κ3) is 3.44. The topological polar surface area (TPSA) is 77.2 Å². The molecule has 1 amide bonds. The number of aryl methyl sites for hydroxylation is 2. The number of rotatable bonds is 6. The van der Waals surface area contributed by atoms with Crippen LogP contribution in [0.1, 0.15) is 37.1 Å². The van der Waals surface area contributed by atoms with Crippen LogP contribution in [-0.2, 0) is 16.0 Å². The van der Waals surface area contributed by atoms with Gasteiger partial charge in [0.2, 0.25) is 17.6 Å². The van der Waals surface area contributed by atoms with Crippen LogP contribution in [0, 0.1) is 12.8 Å². The molecule has 0 spiro atoms. The number of carbonyl (C=O) groups is 1. The Morgan fingerprint density at radius 1 is 1.36 bits per heavy atom. The Bertz CT molecular complexity index is 758. The van der Waals surface area contributed by atoms with E-state index in [9.17, 15) is 4.79 Å². The predicted octanol–water partition coefficient (Wildman–Crippen LogP) is 2.66. The van der Waals surface area contributed by atoms with Gasteiger partial charge in [-0.25, -0.2) is 0 Å². The fourth-order valence-electron chi connectivity index (χ4n) is 3.73. The number of benzene rings is 1. The molecule has 6 nitrogen and oxygen atoms in total. The quantitative estimate of drug-likeness (QED) is 0.874. The lowest BCUT2D eigenvalue weighted by molar-refractivity contribution is -0.124. The van der Waals surface area contributed by atoms with E-state index in [1.807, 2.05) is 31.2 Å². The zero-order valence-electron chi connectivity index (χ0n) is 14.4. The first-order valence-corrected chi connectivity index (χ1v) is 9.00. The van der Waals surface area contributed by atoms with Gasteiger partial charge in [0.1, 0.15) is 0 Å². The van der Waals surface area contributed by atoms with Crippen molar-refractivity contribution in [2.75, 3.05) is 6.61 Å². The molecule has 1 aromatic heterocycles. The summed E-state index contributed by atoms with van der Waals surface area (Å²) < 4.78 is 10.9. The molecule has 2 fully saturated rings. The van der Waals surface area contributed by atoms with Crippen molar-refractivity contribution in [2.24, 2.45) is 5.92 Å². The van der Waals surface area contributed by atoms with E-state index < -0.39 is 0 Å². The molecule has 2 heterocycles. The van der Waals surface area contributed by atoms with E-state index >= 15 is 0 Å². The van der Waals surface area contributed by atoms with Crippen molar-refractivity contribution in [1.29, 1.82) is 0 Å². The van der Waals surface area contributed by atoms with Crippen molar-refractivity contribution in [3.8, 4) is 11.4 Å². The van der Waals surface area contributed by atoms with E-state index in [0.717, 1.165) is 30.6 Å². The SMILES string of the molecule is Cc1ccccc1-c1noc(CCCC(=O)N[C@@H]2C[C@@H]3OCC[C@@H]32)n1. The minimum absolute atomic E-state index is 0.106. The molecule has 3 atom stereocenters. The van der Waals surface area contributed by atoms with Gasteiger partial charge in [0.25, 0.3) is 0 Å². The second kappa shape index (κ2) is 6.96. The van der Waals surface area contributed by atoms with Gasteiger partial charge in [-0.1, -0.05) is 29.4 Å². The molecule has 0 bridgehead atoms. The van der Waals surface area contributed by atoms with Gasteiger partial charge in [-0.3, -0.25) is 4.79 Å². The largest absolute Gasteiger partial charge is 0.378 e. The maximum Gasteiger partial charge on any atom is 0.226 e. The van der Waals surface area contributed by atoms with Crippen LogP contribution < -0.4 is 5.32 Å². The van der Waals surface area contributed by atoms with Gasteiger partial charge in [0, 0.05) is 37.0 Å². The molecule has 4 rings (SSSR count). The van der Waals surface area contributed by atoms with Gasteiger partial charge >= 0.3 is 0 Å². The standard InChI is InChI=1S/C19H23N3O3/c1-12-5-2-3-6-13(12)19-21-18(25-22-19)8-4-7-17(23)20-15-11-16-14(15)9-10-24-16/h2-3,5-6,14-16H,4,7-11H2,1H3,(H,20,23)/t14-,15-,16+/m1/s1. The highest BCUT2D eigenvalue weighted by molar-refractivity contribution is 5.76. The van der Waals surface area contributed by atoms with Crippen molar-refractivity contribution in [3.05, 3.63) is 35.7 Å². The minimum Gasteiger partial charge on any atom is -0.378 e. The van der Waals surface area contributed by atoms with Crippen LogP contribution in [0.15, 0.2) is 28.8 Å². The molecule has 1 aromatic carbocycles. The molecule has 1 aliphatic carbocycles. The zero-order valence-corrected chi connectivity index (χ0v) is 14.4. The molecular weight excluding hydrogens is 318 g/mol. The smallest absolute Gasteiger partial charge is 0.226 e. The molecule has 1 N–H and O–H groups in total. The van der Waals surface area contributed by atoms with E-state index in [2.05, 4.69) is 15.5 Å². The summed E-state index contributed by atoms with van der Waals surface area (Å²) in [7, 11) is 0. The van der Waals surface area contributed by atoms with Crippen LogP contribution in [0.25, 0.3) is 11.4 Å². The number of aromatic nitrogens is 2. The van der Waals surface area contributed by atoms with Gasteiger partial charge in [-0.15, -0.1) is 0 Å². The fraction of sp³-hybridized carbons (Fsp3) is 0.526. The number of carbonyl (C=O) groups excluding carboxylic acids is 1. The second-order valence-corrected chi connectivity index (χ2v) is 6.95. The molecule has 0 unspecified atom stereocenters. The molecular formula is C19H23N3O3. The molecule has 6 heteroatoms. The molecule has 1 saturated carbocycles. The van der Waals surface area contributed by atoms with Crippen molar-refractivity contribution in [1.82, 2.24) is 15.5 Å². The second-order valence-electron chi connectivity index (χ2n) is 6.95. The van der Waals surface area contributed by atoms with Crippen molar-refractivity contribution < 1.29 is 14.1 Å². The molecule has 25 heavy (non-hydrogen) atoms. The predicted molar refractivity (Wildman–Crippen MR) is 91.8 cm³/mol. The number of fused-ring (bicyclic) bond motifs is 1. The number of ether oxygens (including phenoxy) is 1. The maximum absolute atomic E-state index is 12.1. The summed E-state index contributed by atoms with van der Waals surface area (Å²) in [5, 5.41) is 7.18. The molecule has 1 saturated heterocycles. The van der Waals surface area contributed by atoms with Crippen LogP contribution in [0.4, 0.5) is 0 Å². The summed E-state index contributed by atoms with van der Waals surface area (Å²) in [6, 6.07) is 8.26. The minimum atomic E-state index is 0.106. The van der Waals surface area contributed by atoms with E-state index in [-0.39, 0.29) is 5.91 Å². The normalized spacial score (nSPS) is 24.6. The first kappa shape index (κ1) is 16.3. The van der Waals surface area contributed by atoms with Gasteiger partial charge in [0.15, 0.2) is 0 Å². The van der Waals surface area contributed by atoms with E-state index in [1.165, 1.54) is 0 Å². The van der Waals surface area contributed by atoms with E-state index in [4.69, 9.17) is 9.26 Å². The number of nitrogens with one attached hydrogen (secondary N) is 1. The fourth-order valence-corrected chi connectivity index (χ4v) is 3.73. The summed E-state index contributed by atoms with van der Waals surface area (Å²) in [6.45, 7) is 2.86. The van der Waals surface area contributed by atoms with Gasteiger partial charge in [-0.05, 0) is 31.7 Å². The number of amides is 1. The summed E-state index contributed by atoms with van der Waals surface area (Å²) in [4.78, 5) is 16.5. The van der Waals surface area contributed by atoms with Crippen molar-refractivity contribution in [3.63, 3.8) is 0 Å². The molecule has 0 radical (unpaired) electrons. The Hall–Kier alpha value is -2.21. The Morgan fingerprint density at radius 2 is 2.24 bits per heavy atom. The highest BCUT2D eigenvalue weighted by Gasteiger charge is 2.45. The molecule has 1 aliphatic heterocycles. The lowest BCUT2D eigenvalue weighted by atomic mass is 9.76. The third-order valence-corrected chi connectivity index (χ3v) is 5.26. The first-order chi connectivity index (χ1) is 12.2. The van der Waals surface area contributed by atoms with Crippen LogP contribution >= 0.6 is 0 Å². The Kier molecular flexibility index (Phi) is 4.53. The maximum atomic E-state index is 12.1. The lowest BCUT2D eigenvalue weighted by Crippen LogP contribution is -2.53. The van der Waals surface area contributed by atoms with Crippen LogP contribution in [0.3, 0.4) is 0 Å².